The minimum absolute atomic E-state index is 0.926. The zero-order valence-electron chi connectivity index (χ0n) is 11.6. The molecule has 3 aromatic rings. The van der Waals surface area contributed by atoms with E-state index < -0.39 is 0 Å². The Kier molecular flexibility index (Phi) is 3.19. The first-order valence-corrected chi connectivity index (χ1v) is 8.62. The third-order valence-electron chi connectivity index (χ3n) is 3.94. The van der Waals surface area contributed by atoms with Crippen molar-refractivity contribution >= 4 is 49.0 Å². The summed E-state index contributed by atoms with van der Waals surface area (Å²) in [4.78, 5) is 11.5. The largest absolute Gasteiger partial charge is 0.340 e. The van der Waals surface area contributed by atoms with E-state index in [1.54, 1.807) is 6.33 Å². The topological polar surface area (TPSA) is 37.8 Å². The zero-order chi connectivity index (χ0) is 14.4. The third kappa shape index (κ3) is 2.24. The van der Waals surface area contributed by atoms with Gasteiger partial charge in [0.05, 0.1) is 5.39 Å². The molecule has 2 aromatic heterocycles. The highest BCUT2D eigenvalue weighted by atomic mass is 79.9. The number of anilines is 2. The molecule has 3 nitrogen and oxygen atoms in total. The lowest BCUT2D eigenvalue weighted by molar-refractivity contribution is 0.917. The number of hydrogen-bond acceptors (Lipinski definition) is 4. The van der Waals surface area contributed by atoms with Crippen molar-refractivity contribution in [1.82, 2.24) is 9.97 Å². The molecule has 1 aliphatic carbocycles. The van der Waals surface area contributed by atoms with Crippen LogP contribution in [-0.4, -0.2) is 9.97 Å². The predicted octanol–water partition coefficient (Wildman–Crippen LogP) is 4.99. The highest BCUT2D eigenvalue weighted by Gasteiger charge is 2.21. The second-order valence-electron chi connectivity index (χ2n) is 5.35. The fourth-order valence-corrected chi connectivity index (χ4v) is 4.44. The van der Waals surface area contributed by atoms with Gasteiger partial charge in [0.15, 0.2) is 0 Å². The van der Waals surface area contributed by atoms with Gasteiger partial charge in [-0.15, -0.1) is 11.3 Å². The lowest BCUT2D eigenvalue weighted by atomic mass is 10.2. The lowest BCUT2D eigenvalue weighted by Gasteiger charge is -2.09. The number of thiophene rings is 1. The van der Waals surface area contributed by atoms with Crippen molar-refractivity contribution in [2.24, 2.45) is 0 Å². The first-order valence-electron chi connectivity index (χ1n) is 7.01. The van der Waals surface area contributed by atoms with Crippen LogP contribution in [0, 0.1) is 6.92 Å². The van der Waals surface area contributed by atoms with Crippen LogP contribution in [0.1, 0.15) is 22.4 Å². The van der Waals surface area contributed by atoms with Crippen molar-refractivity contribution in [2.45, 2.75) is 26.2 Å². The van der Waals surface area contributed by atoms with Crippen LogP contribution in [0.25, 0.3) is 10.2 Å². The highest BCUT2D eigenvalue weighted by Crippen LogP contribution is 2.39. The van der Waals surface area contributed by atoms with Crippen molar-refractivity contribution in [3.8, 4) is 0 Å². The molecule has 0 radical (unpaired) electrons. The minimum atomic E-state index is 0.926. The molecule has 0 bridgehead atoms. The van der Waals surface area contributed by atoms with Crippen molar-refractivity contribution in [3.63, 3.8) is 0 Å². The molecule has 0 fully saturated rings. The highest BCUT2D eigenvalue weighted by molar-refractivity contribution is 9.10. The molecule has 106 valence electrons. The van der Waals surface area contributed by atoms with E-state index >= 15 is 0 Å². The summed E-state index contributed by atoms with van der Waals surface area (Å²) >= 11 is 5.40. The van der Waals surface area contributed by atoms with Gasteiger partial charge >= 0.3 is 0 Å². The predicted molar refractivity (Wildman–Crippen MR) is 91.6 cm³/mol. The van der Waals surface area contributed by atoms with Crippen molar-refractivity contribution in [2.75, 3.05) is 5.32 Å². The number of nitrogens with zero attached hydrogens (tertiary/aromatic N) is 2. The maximum absolute atomic E-state index is 4.47. The van der Waals surface area contributed by atoms with Crippen LogP contribution < -0.4 is 5.32 Å². The third-order valence-corrected chi connectivity index (χ3v) is 5.99. The Labute approximate surface area is 135 Å². The summed E-state index contributed by atoms with van der Waals surface area (Å²) in [5.74, 6) is 0.926. The number of nitrogens with one attached hydrogen (secondary N) is 1. The summed E-state index contributed by atoms with van der Waals surface area (Å²) in [5, 5.41) is 4.67. The zero-order valence-corrected chi connectivity index (χ0v) is 14.0. The second kappa shape index (κ2) is 5.07. The molecule has 0 atom stereocenters. The van der Waals surface area contributed by atoms with Gasteiger partial charge in [0, 0.05) is 15.0 Å². The summed E-state index contributed by atoms with van der Waals surface area (Å²) in [7, 11) is 0. The van der Waals surface area contributed by atoms with E-state index in [1.165, 1.54) is 34.2 Å². The van der Waals surface area contributed by atoms with Gasteiger partial charge in [-0.1, -0.05) is 22.0 Å². The summed E-state index contributed by atoms with van der Waals surface area (Å²) < 4.78 is 1.10. The number of aromatic nitrogens is 2. The SMILES string of the molecule is Cc1ccc(Nc2ncnc3sc4c(c23)CCC4)cc1Br. The number of aryl methyl sites for hydroxylation is 3. The van der Waals surface area contributed by atoms with Crippen LogP contribution in [0.5, 0.6) is 0 Å². The first-order chi connectivity index (χ1) is 10.2. The van der Waals surface area contributed by atoms with Crippen LogP contribution >= 0.6 is 27.3 Å². The van der Waals surface area contributed by atoms with Crippen molar-refractivity contribution in [1.29, 1.82) is 0 Å². The molecule has 0 saturated heterocycles. The van der Waals surface area contributed by atoms with Gasteiger partial charge in [-0.05, 0) is 49.4 Å². The first kappa shape index (κ1) is 13.2. The molecular weight excluding hydrogens is 346 g/mol. The molecular formula is C16H14BrN3S. The van der Waals surface area contributed by atoms with Crippen molar-refractivity contribution < 1.29 is 0 Å². The molecule has 1 aromatic carbocycles. The number of fused-ring (bicyclic) bond motifs is 3. The van der Waals surface area contributed by atoms with Gasteiger partial charge in [-0.25, -0.2) is 9.97 Å². The average molecular weight is 360 g/mol. The van der Waals surface area contributed by atoms with E-state index in [2.05, 4.69) is 56.3 Å². The van der Waals surface area contributed by atoms with Crippen LogP contribution in [0.3, 0.4) is 0 Å². The van der Waals surface area contributed by atoms with Gasteiger partial charge in [-0.3, -0.25) is 0 Å². The molecule has 0 unspecified atom stereocenters. The molecule has 0 spiro atoms. The molecule has 0 saturated carbocycles. The van der Waals surface area contributed by atoms with Crippen LogP contribution in [0.15, 0.2) is 29.0 Å². The lowest BCUT2D eigenvalue weighted by Crippen LogP contribution is -1.96. The molecule has 21 heavy (non-hydrogen) atoms. The van der Waals surface area contributed by atoms with E-state index in [-0.39, 0.29) is 0 Å². The van der Waals surface area contributed by atoms with Crippen LogP contribution in [0.2, 0.25) is 0 Å². The normalized spacial score (nSPS) is 13.6. The maximum atomic E-state index is 4.47. The molecule has 4 rings (SSSR count). The number of hydrogen-bond donors (Lipinski definition) is 1. The van der Waals surface area contributed by atoms with Crippen LogP contribution in [0.4, 0.5) is 11.5 Å². The fraction of sp³-hybridized carbons (Fsp3) is 0.250. The summed E-state index contributed by atoms with van der Waals surface area (Å²) in [5.41, 5.74) is 3.72. The van der Waals surface area contributed by atoms with Gasteiger partial charge in [0.25, 0.3) is 0 Å². The van der Waals surface area contributed by atoms with Crippen LogP contribution in [-0.2, 0) is 12.8 Å². The summed E-state index contributed by atoms with van der Waals surface area (Å²) in [6, 6.07) is 6.28. The standard InChI is InChI=1S/C16H14BrN3S/c1-9-5-6-10(7-12(9)17)20-15-14-11-3-2-4-13(11)21-16(14)19-8-18-15/h5-8H,2-4H2,1H3,(H,18,19,20). The van der Waals surface area contributed by atoms with E-state index in [9.17, 15) is 0 Å². The van der Waals surface area contributed by atoms with Gasteiger partial charge in [-0.2, -0.15) is 0 Å². The number of benzene rings is 1. The Morgan fingerprint density at radius 2 is 2.14 bits per heavy atom. The van der Waals surface area contributed by atoms with Gasteiger partial charge in [0.1, 0.15) is 17.0 Å². The summed E-state index contributed by atoms with van der Waals surface area (Å²) in [6.45, 7) is 2.09. The number of halogens is 1. The fourth-order valence-electron chi connectivity index (χ4n) is 2.83. The summed E-state index contributed by atoms with van der Waals surface area (Å²) in [6.07, 6.45) is 5.24. The molecule has 0 amide bonds. The van der Waals surface area contributed by atoms with E-state index in [4.69, 9.17) is 0 Å². The van der Waals surface area contributed by atoms with E-state index in [0.29, 0.717) is 0 Å². The quantitative estimate of drug-likeness (QED) is 0.699. The monoisotopic (exact) mass is 359 g/mol. The Balaban J connectivity index is 1.81. The molecule has 0 aliphatic heterocycles. The maximum Gasteiger partial charge on any atom is 0.142 e. The molecule has 5 heteroatoms. The van der Waals surface area contributed by atoms with Crippen molar-refractivity contribution in [3.05, 3.63) is 45.0 Å². The Morgan fingerprint density at radius 1 is 1.24 bits per heavy atom. The van der Waals surface area contributed by atoms with E-state index in [1.807, 2.05) is 11.3 Å². The Morgan fingerprint density at radius 3 is 3.00 bits per heavy atom. The molecule has 1 aliphatic rings. The average Bonchev–Trinajstić information content (AvgIpc) is 3.03. The minimum Gasteiger partial charge on any atom is -0.340 e. The number of rotatable bonds is 2. The van der Waals surface area contributed by atoms with E-state index in [0.717, 1.165) is 27.2 Å². The van der Waals surface area contributed by atoms with Gasteiger partial charge in [0.2, 0.25) is 0 Å². The smallest absolute Gasteiger partial charge is 0.142 e. The second-order valence-corrected chi connectivity index (χ2v) is 7.29. The Bertz CT molecular complexity index is 841. The molecule has 2 heterocycles. The van der Waals surface area contributed by atoms with Gasteiger partial charge < -0.3 is 5.32 Å². The molecule has 1 N–H and O–H groups in total. The Hall–Kier alpha value is -1.46.